The predicted octanol–water partition coefficient (Wildman–Crippen LogP) is 1.90. The maximum atomic E-state index is 12.1. The molecule has 2 N–H and O–H groups in total. The number of benzene rings is 1. The van der Waals surface area contributed by atoms with Crippen LogP contribution in [0.4, 0.5) is 10.5 Å². The highest BCUT2D eigenvalue weighted by Gasteiger charge is 2.14. The summed E-state index contributed by atoms with van der Waals surface area (Å²) in [5.41, 5.74) is 1.55. The molecular weight excluding hydrogens is 364 g/mol. The Bertz CT molecular complexity index is 933. The molecule has 0 fully saturated rings. The molecule has 3 rings (SSSR count). The van der Waals surface area contributed by atoms with E-state index in [9.17, 15) is 4.79 Å². The van der Waals surface area contributed by atoms with Gasteiger partial charge in [0.15, 0.2) is 11.5 Å². The number of nitrogens with zero attached hydrogens (tertiary/aromatic N) is 4. The van der Waals surface area contributed by atoms with Crippen LogP contribution >= 0.6 is 0 Å². The van der Waals surface area contributed by atoms with E-state index in [4.69, 9.17) is 14.2 Å². The van der Waals surface area contributed by atoms with Crippen LogP contribution < -0.4 is 24.8 Å². The lowest BCUT2D eigenvalue weighted by Gasteiger charge is -2.15. The SMILES string of the molecule is COc1cc(NC(=O)NCCCc2cnc3ncnn3c2)cc(OC)c1OC. The topological polar surface area (TPSA) is 112 Å². The van der Waals surface area contributed by atoms with Crippen molar-refractivity contribution in [3.8, 4) is 17.2 Å². The average molecular weight is 386 g/mol. The van der Waals surface area contributed by atoms with Gasteiger partial charge in [0.2, 0.25) is 5.75 Å². The second kappa shape index (κ2) is 8.89. The Morgan fingerprint density at radius 2 is 1.86 bits per heavy atom. The van der Waals surface area contributed by atoms with Gasteiger partial charge in [0.25, 0.3) is 5.78 Å². The van der Waals surface area contributed by atoms with Gasteiger partial charge in [-0.2, -0.15) is 10.1 Å². The highest BCUT2D eigenvalue weighted by molar-refractivity contribution is 5.90. The highest BCUT2D eigenvalue weighted by atomic mass is 16.5. The maximum absolute atomic E-state index is 12.1. The maximum Gasteiger partial charge on any atom is 0.319 e. The van der Waals surface area contributed by atoms with Crippen molar-refractivity contribution < 1.29 is 19.0 Å². The lowest BCUT2D eigenvalue weighted by molar-refractivity contribution is 0.252. The lowest BCUT2D eigenvalue weighted by atomic mass is 10.2. The van der Waals surface area contributed by atoms with Crippen molar-refractivity contribution in [2.75, 3.05) is 33.2 Å². The highest BCUT2D eigenvalue weighted by Crippen LogP contribution is 2.39. The number of hydrogen-bond acceptors (Lipinski definition) is 7. The van der Waals surface area contributed by atoms with Gasteiger partial charge in [-0.15, -0.1) is 0 Å². The van der Waals surface area contributed by atoms with Crippen LogP contribution in [-0.2, 0) is 6.42 Å². The normalized spacial score (nSPS) is 10.5. The molecule has 10 nitrogen and oxygen atoms in total. The molecule has 0 saturated carbocycles. The fraction of sp³-hybridized carbons (Fsp3) is 0.333. The molecule has 0 saturated heterocycles. The van der Waals surface area contributed by atoms with Crippen LogP contribution in [-0.4, -0.2) is 53.5 Å². The summed E-state index contributed by atoms with van der Waals surface area (Å²) in [7, 11) is 4.57. The van der Waals surface area contributed by atoms with E-state index >= 15 is 0 Å². The number of carbonyl (C=O) groups excluding carboxylic acids is 1. The van der Waals surface area contributed by atoms with Crippen LogP contribution in [0.25, 0.3) is 5.78 Å². The first-order chi connectivity index (χ1) is 13.6. The van der Waals surface area contributed by atoms with Crippen molar-refractivity contribution in [1.29, 1.82) is 0 Å². The monoisotopic (exact) mass is 386 g/mol. The van der Waals surface area contributed by atoms with E-state index in [1.54, 1.807) is 22.8 Å². The second-order valence-corrected chi connectivity index (χ2v) is 5.87. The van der Waals surface area contributed by atoms with Gasteiger partial charge >= 0.3 is 6.03 Å². The third-order valence-electron chi connectivity index (χ3n) is 4.04. The molecule has 0 aliphatic carbocycles. The average Bonchev–Trinajstić information content (AvgIpc) is 3.18. The smallest absolute Gasteiger partial charge is 0.319 e. The summed E-state index contributed by atoms with van der Waals surface area (Å²) in [4.78, 5) is 20.4. The number of urea groups is 1. The number of aromatic nitrogens is 4. The molecule has 2 heterocycles. The van der Waals surface area contributed by atoms with E-state index in [2.05, 4.69) is 25.7 Å². The van der Waals surface area contributed by atoms with Crippen LogP contribution in [0.3, 0.4) is 0 Å². The molecular formula is C18H22N6O4. The minimum Gasteiger partial charge on any atom is -0.493 e. The van der Waals surface area contributed by atoms with Gasteiger partial charge in [-0.1, -0.05) is 0 Å². The molecule has 1 aromatic carbocycles. The van der Waals surface area contributed by atoms with Gasteiger partial charge in [0.05, 0.1) is 27.0 Å². The number of fused-ring (bicyclic) bond motifs is 1. The van der Waals surface area contributed by atoms with E-state index in [0.717, 1.165) is 18.4 Å². The van der Waals surface area contributed by atoms with Gasteiger partial charge in [-0.05, 0) is 18.4 Å². The third kappa shape index (κ3) is 4.40. The zero-order valence-corrected chi connectivity index (χ0v) is 15.9. The molecule has 0 unspecified atom stereocenters. The second-order valence-electron chi connectivity index (χ2n) is 5.87. The van der Waals surface area contributed by atoms with Crippen LogP contribution in [0.15, 0.2) is 30.9 Å². The molecule has 0 spiro atoms. The van der Waals surface area contributed by atoms with Gasteiger partial charge in [0, 0.05) is 31.1 Å². The summed E-state index contributed by atoms with van der Waals surface area (Å²) in [6, 6.07) is 3.01. The molecule has 10 heteroatoms. The number of ether oxygens (including phenoxy) is 3. The van der Waals surface area contributed by atoms with Crippen molar-refractivity contribution in [1.82, 2.24) is 24.9 Å². The van der Waals surface area contributed by atoms with Crippen molar-refractivity contribution in [3.05, 3.63) is 36.4 Å². The Morgan fingerprint density at radius 1 is 1.11 bits per heavy atom. The summed E-state index contributed by atoms with van der Waals surface area (Å²) in [6.07, 6.45) is 6.62. The third-order valence-corrected chi connectivity index (χ3v) is 4.04. The largest absolute Gasteiger partial charge is 0.493 e. The Morgan fingerprint density at radius 3 is 2.54 bits per heavy atom. The van der Waals surface area contributed by atoms with Crippen molar-refractivity contribution in [2.24, 2.45) is 0 Å². The zero-order chi connectivity index (χ0) is 19.9. The first kappa shape index (κ1) is 19.2. The van der Waals surface area contributed by atoms with E-state index in [1.165, 1.54) is 27.7 Å². The van der Waals surface area contributed by atoms with Gasteiger partial charge in [-0.3, -0.25) is 0 Å². The van der Waals surface area contributed by atoms with Crippen molar-refractivity contribution >= 4 is 17.5 Å². The number of nitrogens with one attached hydrogen (secondary N) is 2. The molecule has 0 aliphatic rings. The molecule has 0 bridgehead atoms. The fourth-order valence-corrected chi connectivity index (χ4v) is 2.71. The summed E-state index contributed by atoms with van der Waals surface area (Å²) >= 11 is 0. The number of aryl methyl sites for hydroxylation is 1. The zero-order valence-electron chi connectivity index (χ0n) is 15.9. The minimum absolute atomic E-state index is 0.320. The van der Waals surface area contributed by atoms with E-state index in [1.807, 2.05) is 6.20 Å². The molecule has 148 valence electrons. The fourth-order valence-electron chi connectivity index (χ4n) is 2.71. The molecule has 0 atom stereocenters. The summed E-state index contributed by atoms with van der Waals surface area (Å²) in [5, 5.41) is 9.64. The minimum atomic E-state index is -0.320. The Hall–Kier alpha value is -3.56. The molecule has 2 aromatic heterocycles. The first-order valence-electron chi connectivity index (χ1n) is 8.63. The molecule has 2 amide bonds. The molecule has 28 heavy (non-hydrogen) atoms. The number of methoxy groups -OCH3 is 3. The predicted molar refractivity (Wildman–Crippen MR) is 102 cm³/mol. The van der Waals surface area contributed by atoms with Crippen LogP contribution in [0.5, 0.6) is 17.2 Å². The Balaban J connectivity index is 1.51. The van der Waals surface area contributed by atoms with E-state index < -0.39 is 0 Å². The van der Waals surface area contributed by atoms with Gasteiger partial charge in [-0.25, -0.2) is 14.3 Å². The van der Waals surface area contributed by atoms with E-state index in [0.29, 0.717) is 35.3 Å². The number of hydrogen-bond donors (Lipinski definition) is 2. The number of rotatable bonds is 8. The van der Waals surface area contributed by atoms with Crippen LogP contribution in [0, 0.1) is 0 Å². The summed E-state index contributed by atoms with van der Waals surface area (Å²) in [5.74, 6) is 1.96. The quantitative estimate of drug-likeness (QED) is 0.569. The molecule has 3 aromatic rings. The molecule has 0 radical (unpaired) electrons. The Kier molecular flexibility index (Phi) is 6.10. The van der Waals surface area contributed by atoms with Gasteiger partial charge < -0.3 is 24.8 Å². The summed E-state index contributed by atoms with van der Waals surface area (Å²) < 4.78 is 17.5. The van der Waals surface area contributed by atoms with E-state index in [-0.39, 0.29) is 6.03 Å². The lowest BCUT2D eigenvalue weighted by Crippen LogP contribution is -2.29. The standard InChI is InChI=1S/C18H22N6O4/c1-26-14-7-13(8-15(27-2)16(14)28-3)23-18(25)19-6-4-5-12-9-20-17-21-11-22-24(17)10-12/h7-11H,4-6H2,1-3H3,(H2,19,23,25). The summed E-state index contributed by atoms with van der Waals surface area (Å²) in [6.45, 7) is 0.506. The number of amides is 2. The van der Waals surface area contributed by atoms with Crippen LogP contribution in [0.2, 0.25) is 0 Å². The van der Waals surface area contributed by atoms with Gasteiger partial charge in [0.1, 0.15) is 6.33 Å². The number of anilines is 1. The molecule has 0 aliphatic heterocycles. The van der Waals surface area contributed by atoms with Crippen LogP contribution in [0.1, 0.15) is 12.0 Å². The first-order valence-corrected chi connectivity index (χ1v) is 8.63. The Labute approximate surface area is 161 Å². The number of carbonyl (C=O) groups is 1. The van der Waals surface area contributed by atoms with Crippen molar-refractivity contribution in [3.63, 3.8) is 0 Å². The van der Waals surface area contributed by atoms with Crippen molar-refractivity contribution in [2.45, 2.75) is 12.8 Å².